The number of aliphatic hydroxyl groups is 1. The summed E-state index contributed by atoms with van der Waals surface area (Å²) in [6.07, 6.45) is -1.09. The molecule has 1 N–H and O–H groups in total. The van der Waals surface area contributed by atoms with Gasteiger partial charge in [-0.2, -0.15) is 8.78 Å². The average molecular weight is 236 g/mol. The molecule has 0 aliphatic carbocycles. The van der Waals surface area contributed by atoms with Gasteiger partial charge in [0.25, 0.3) is 0 Å². The molecule has 0 unspecified atom stereocenters. The van der Waals surface area contributed by atoms with Crippen molar-refractivity contribution in [1.82, 2.24) is 0 Å². The van der Waals surface area contributed by atoms with E-state index in [1.54, 1.807) is 0 Å². The molecule has 15 heavy (non-hydrogen) atoms. The van der Waals surface area contributed by atoms with Crippen LogP contribution in [0.5, 0.6) is 0 Å². The van der Waals surface area contributed by atoms with Crippen molar-refractivity contribution < 1.29 is 22.3 Å². The zero-order valence-electron chi connectivity index (χ0n) is 7.73. The van der Waals surface area contributed by atoms with Crippen molar-refractivity contribution in [2.24, 2.45) is 0 Å². The maximum Gasteiger partial charge on any atom is 0.352 e. The number of benzene rings is 1. The van der Waals surface area contributed by atoms with Gasteiger partial charge in [-0.15, -0.1) is 0 Å². The third kappa shape index (κ3) is 2.32. The van der Waals surface area contributed by atoms with Crippen molar-refractivity contribution in [3.05, 3.63) is 30.3 Å². The molecule has 0 aliphatic heterocycles. The van der Waals surface area contributed by atoms with Crippen LogP contribution in [0, 0.1) is 0 Å². The summed E-state index contributed by atoms with van der Waals surface area (Å²) in [5.41, 5.74) is 0. The van der Waals surface area contributed by atoms with Crippen molar-refractivity contribution >= 4 is 9.84 Å². The van der Waals surface area contributed by atoms with E-state index in [4.69, 9.17) is 5.11 Å². The van der Waals surface area contributed by atoms with Crippen molar-refractivity contribution in [3.63, 3.8) is 0 Å². The van der Waals surface area contributed by atoms with Crippen molar-refractivity contribution in [2.75, 3.05) is 6.61 Å². The Bertz CT molecular complexity index is 414. The van der Waals surface area contributed by atoms with Crippen molar-refractivity contribution in [2.45, 2.75) is 16.6 Å². The first kappa shape index (κ1) is 12.1. The maximum absolute atomic E-state index is 13.1. The molecule has 3 nitrogen and oxygen atoms in total. The molecule has 0 amide bonds. The molecule has 84 valence electrons. The van der Waals surface area contributed by atoms with Gasteiger partial charge < -0.3 is 5.11 Å². The summed E-state index contributed by atoms with van der Waals surface area (Å²) in [5.74, 6) is 0. The molecular formula is C9H10F2O3S. The summed E-state index contributed by atoms with van der Waals surface area (Å²) in [4.78, 5) is -0.441. The first-order valence-electron chi connectivity index (χ1n) is 4.20. The van der Waals surface area contributed by atoms with E-state index in [9.17, 15) is 17.2 Å². The molecule has 0 spiro atoms. The Morgan fingerprint density at radius 1 is 1.20 bits per heavy atom. The third-order valence-corrected chi connectivity index (χ3v) is 3.73. The van der Waals surface area contributed by atoms with E-state index in [0.29, 0.717) is 0 Å². The van der Waals surface area contributed by atoms with E-state index in [1.807, 2.05) is 0 Å². The number of halogens is 2. The first-order chi connectivity index (χ1) is 6.92. The zero-order chi connectivity index (χ0) is 11.5. The number of aliphatic hydroxyl groups excluding tert-OH is 1. The van der Waals surface area contributed by atoms with Gasteiger partial charge in [-0.25, -0.2) is 8.42 Å². The van der Waals surface area contributed by atoms with Gasteiger partial charge in [-0.1, -0.05) is 18.2 Å². The Labute approximate surface area is 86.3 Å². The SMILES string of the molecule is O=S(=O)(c1ccccc1)C(F)(F)CCO. The molecule has 0 saturated carbocycles. The smallest absolute Gasteiger partial charge is 0.352 e. The Balaban J connectivity index is 3.14. The van der Waals surface area contributed by atoms with Crippen LogP contribution in [0.15, 0.2) is 35.2 Å². The number of hydrogen-bond donors (Lipinski definition) is 1. The Kier molecular flexibility index (Phi) is 3.41. The van der Waals surface area contributed by atoms with Crippen LogP contribution in [0.2, 0.25) is 0 Å². The van der Waals surface area contributed by atoms with Gasteiger partial charge in [-0.3, -0.25) is 0 Å². The lowest BCUT2D eigenvalue weighted by Gasteiger charge is -2.15. The summed E-state index contributed by atoms with van der Waals surface area (Å²) in [5, 5.41) is 4.44. The van der Waals surface area contributed by atoms with E-state index < -0.39 is 33.0 Å². The Hall–Kier alpha value is -1.01. The van der Waals surface area contributed by atoms with Crippen LogP contribution in [-0.2, 0) is 9.84 Å². The molecule has 0 aliphatic rings. The molecule has 0 radical (unpaired) electrons. The molecular weight excluding hydrogens is 226 g/mol. The van der Waals surface area contributed by atoms with Gasteiger partial charge in [0, 0.05) is 13.0 Å². The lowest BCUT2D eigenvalue weighted by Crippen LogP contribution is -2.29. The quantitative estimate of drug-likeness (QED) is 0.860. The van der Waals surface area contributed by atoms with Crippen LogP contribution in [0.4, 0.5) is 8.78 Å². The van der Waals surface area contributed by atoms with Crippen molar-refractivity contribution in [3.8, 4) is 0 Å². The normalized spacial score (nSPS) is 12.7. The largest absolute Gasteiger partial charge is 0.396 e. The molecule has 0 bridgehead atoms. The van der Waals surface area contributed by atoms with Gasteiger partial charge in [0.05, 0.1) is 4.90 Å². The molecule has 0 atom stereocenters. The molecule has 6 heteroatoms. The fourth-order valence-electron chi connectivity index (χ4n) is 1.04. The van der Waals surface area contributed by atoms with E-state index in [1.165, 1.54) is 18.2 Å². The highest BCUT2D eigenvalue weighted by atomic mass is 32.2. The minimum absolute atomic E-state index is 0.441. The second kappa shape index (κ2) is 4.24. The molecule has 0 heterocycles. The molecule has 1 aromatic rings. The van der Waals surface area contributed by atoms with Gasteiger partial charge in [0.1, 0.15) is 0 Å². The van der Waals surface area contributed by atoms with E-state index in [2.05, 4.69) is 0 Å². The lowest BCUT2D eigenvalue weighted by atomic mass is 10.4. The van der Waals surface area contributed by atoms with Crippen LogP contribution in [0.1, 0.15) is 6.42 Å². The summed E-state index contributed by atoms with van der Waals surface area (Å²) in [6.45, 7) is -0.876. The summed E-state index contributed by atoms with van der Waals surface area (Å²) < 4.78 is 49.0. The molecule has 1 aromatic carbocycles. The minimum Gasteiger partial charge on any atom is -0.396 e. The molecule has 0 aromatic heterocycles. The second-order valence-electron chi connectivity index (χ2n) is 2.93. The number of rotatable bonds is 4. The first-order valence-corrected chi connectivity index (χ1v) is 5.68. The highest BCUT2D eigenvalue weighted by Gasteiger charge is 2.45. The number of hydrogen-bond acceptors (Lipinski definition) is 3. The second-order valence-corrected chi connectivity index (χ2v) is 5.00. The van der Waals surface area contributed by atoms with E-state index in [0.717, 1.165) is 12.1 Å². The van der Waals surface area contributed by atoms with Crippen LogP contribution in [-0.4, -0.2) is 25.4 Å². The Morgan fingerprint density at radius 3 is 2.20 bits per heavy atom. The summed E-state index contributed by atoms with van der Waals surface area (Å²) in [6, 6.07) is 6.45. The van der Waals surface area contributed by atoms with Gasteiger partial charge in [-0.05, 0) is 12.1 Å². The highest BCUT2D eigenvalue weighted by molar-refractivity contribution is 7.92. The maximum atomic E-state index is 13.1. The van der Waals surface area contributed by atoms with Gasteiger partial charge in [0.15, 0.2) is 0 Å². The third-order valence-electron chi connectivity index (χ3n) is 1.85. The van der Waals surface area contributed by atoms with E-state index >= 15 is 0 Å². The Morgan fingerprint density at radius 2 is 1.73 bits per heavy atom. The summed E-state index contributed by atoms with van der Waals surface area (Å²) in [7, 11) is -4.69. The average Bonchev–Trinajstić information content (AvgIpc) is 2.19. The van der Waals surface area contributed by atoms with Crippen LogP contribution < -0.4 is 0 Å². The number of sulfone groups is 1. The van der Waals surface area contributed by atoms with E-state index in [-0.39, 0.29) is 0 Å². The minimum atomic E-state index is -4.69. The van der Waals surface area contributed by atoms with Crippen molar-refractivity contribution in [1.29, 1.82) is 0 Å². The zero-order valence-corrected chi connectivity index (χ0v) is 8.55. The summed E-state index contributed by atoms with van der Waals surface area (Å²) >= 11 is 0. The van der Waals surface area contributed by atoms with Gasteiger partial charge in [0.2, 0.25) is 9.84 Å². The standard InChI is InChI=1S/C9H10F2O3S/c10-9(11,6-7-12)15(13,14)8-4-2-1-3-5-8/h1-5,12H,6-7H2. The highest BCUT2D eigenvalue weighted by Crippen LogP contribution is 2.31. The fourth-order valence-corrected chi connectivity index (χ4v) is 2.26. The van der Waals surface area contributed by atoms with Crippen LogP contribution in [0.25, 0.3) is 0 Å². The fraction of sp³-hybridized carbons (Fsp3) is 0.333. The predicted octanol–water partition coefficient (Wildman–Crippen LogP) is 1.44. The monoisotopic (exact) mass is 236 g/mol. The molecule has 0 fully saturated rings. The van der Waals surface area contributed by atoms with Crippen LogP contribution >= 0.6 is 0 Å². The predicted molar refractivity (Wildman–Crippen MR) is 50.3 cm³/mol. The van der Waals surface area contributed by atoms with Crippen LogP contribution in [0.3, 0.4) is 0 Å². The lowest BCUT2D eigenvalue weighted by molar-refractivity contribution is 0.0607. The topological polar surface area (TPSA) is 54.4 Å². The molecule has 0 saturated heterocycles. The molecule has 1 rings (SSSR count). The van der Waals surface area contributed by atoms with Gasteiger partial charge >= 0.3 is 5.25 Å². The number of alkyl halides is 2.